The summed E-state index contributed by atoms with van der Waals surface area (Å²) < 4.78 is 0. The Morgan fingerprint density at radius 3 is 2.00 bits per heavy atom. The van der Waals surface area contributed by atoms with E-state index in [4.69, 9.17) is 0 Å². The Kier molecular flexibility index (Phi) is 21.3. The van der Waals surface area contributed by atoms with Crippen molar-refractivity contribution in [3.63, 3.8) is 0 Å². The summed E-state index contributed by atoms with van der Waals surface area (Å²) in [7, 11) is 0. The Morgan fingerprint density at radius 1 is 1.62 bits per heavy atom. The van der Waals surface area contributed by atoms with Gasteiger partial charge in [-0.3, -0.25) is 0 Å². The molecule has 0 aromatic carbocycles. The monoisotopic (exact) mass is 142 g/mol. The molecule has 0 saturated heterocycles. The van der Waals surface area contributed by atoms with Gasteiger partial charge >= 0.3 is 23.1 Å². The molecule has 0 fully saturated rings. The van der Waals surface area contributed by atoms with Gasteiger partial charge in [0.05, 0.1) is 0 Å². The normalized spacial score (nSPS) is 6.25. The molecule has 0 nitrogen and oxygen atoms in total. The van der Waals surface area contributed by atoms with Crippen molar-refractivity contribution in [1.82, 2.24) is 0 Å². The molecular weight excluding hydrogens is 132 g/mol. The maximum Gasteiger partial charge on any atom is 2.00 e. The molecule has 0 rings (SSSR count). The zero-order valence-corrected chi connectivity index (χ0v) is 7.58. The second kappa shape index (κ2) is 10.7. The molecule has 44 valence electrons. The van der Waals surface area contributed by atoms with Crippen molar-refractivity contribution in [3.8, 4) is 0 Å². The van der Waals surface area contributed by atoms with Gasteiger partial charge in [0.25, 0.3) is 0 Å². The van der Waals surface area contributed by atoms with E-state index in [1.807, 2.05) is 0 Å². The first-order chi connectivity index (χ1) is 2.81. The van der Waals surface area contributed by atoms with E-state index in [9.17, 15) is 0 Å². The van der Waals surface area contributed by atoms with Crippen molar-refractivity contribution < 1.29 is 12.4 Å². The van der Waals surface area contributed by atoms with Gasteiger partial charge in [-0.15, -0.1) is 12.2 Å². The van der Waals surface area contributed by atoms with Crippen LogP contribution >= 0.6 is 0 Å². The summed E-state index contributed by atoms with van der Waals surface area (Å²) in [5.74, 6) is 0. The molecule has 0 N–H and O–H groups in total. The number of halogens is 1. The molecule has 0 aliphatic carbocycles. The number of rotatable bonds is 2. The minimum Gasteiger partial charge on any atom is -1.00 e. The van der Waals surface area contributed by atoms with Gasteiger partial charge < -0.3 is 19.3 Å². The first kappa shape index (κ1) is 15.9. The van der Waals surface area contributed by atoms with Crippen LogP contribution in [0.3, 0.4) is 0 Å². The van der Waals surface area contributed by atoms with E-state index in [2.05, 4.69) is 20.4 Å². The molecule has 0 unspecified atom stereocenters. The van der Waals surface area contributed by atoms with E-state index in [-0.39, 0.29) is 35.5 Å². The fraction of sp³-hybridized carbons (Fsp3) is 0.500. The Labute approximate surface area is 74.3 Å². The molecule has 0 amide bonds. The molecule has 0 atom stereocenters. The van der Waals surface area contributed by atoms with E-state index < -0.39 is 0 Å². The van der Waals surface area contributed by atoms with Crippen molar-refractivity contribution in [2.24, 2.45) is 0 Å². The first-order valence-electron chi connectivity index (χ1n) is 2.27. The van der Waals surface area contributed by atoms with E-state index >= 15 is 0 Å². The van der Waals surface area contributed by atoms with Crippen molar-refractivity contribution in [2.75, 3.05) is 0 Å². The Balaban J connectivity index is -0.000000125. The van der Waals surface area contributed by atoms with Gasteiger partial charge in [0.2, 0.25) is 0 Å². The zero-order valence-electron chi connectivity index (χ0n) is 5.41. The van der Waals surface area contributed by atoms with Crippen LogP contribution in [0.1, 0.15) is 19.8 Å². The standard InChI is InChI=1S/C6H11.ClH.Mg/c1-4-6(3)5-2;;/h1,3-5H2,2H3;1H;/q-1;;+2/p-1. The van der Waals surface area contributed by atoms with E-state index in [1.165, 1.54) is 5.57 Å². The van der Waals surface area contributed by atoms with Crippen LogP contribution < -0.4 is 12.4 Å². The van der Waals surface area contributed by atoms with E-state index in [1.54, 1.807) is 0 Å². The molecular formula is C6H11ClMg. The third kappa shape index (κ3) is 9.93. The maximum atomic E-state index is 3.73. The fourth-order valence-electron chi connectivity index (χ4n) is 0.177. The van der Waals surface area contributed by atoms with Crippen molar-refractivity contribution in [1.29, 1.82) is 0 Å². The van der Waals surface area contributed by atoms with Crippen LogP contribution in [0.5, 0.6) is 0 Å². The molecule has 0 aliphatic heterocycles. The van der Waals surface area contributed by atoms with Gasteiger partial charge in [0.15, 0.2) is 0 Å². The van der Waals surface area contributed by atoms with Gasteiger partial charge in [0, 0.05) is 0 Å². The maximum absolute atomic E-state index is 3.73. The smallest absolute Gasteiger partial charge is 1.00 e. The van der Waals surface area contributed by atoms with Crippen molar-refractivity contribution in [3.05, 3.63) is 19.1 Å². The summed E-state index contributed by atoms with van der Waals surface area (Å²) in [4.78, 5) is 0. The minimum atomic E-state index is 0. The number of hydrogen-bond acceptors (Lipinski definition) is 0. The predicted molar refractivity (Wildman–Crippen MR) is 35.2 cm³/mol. The number of allylic oxidation sites excluding steroid dienone is 1. The number of hydrogen-bond donors (Lipinski definition) is 0. The third-order valence-electron chi connectivity index (χ3n) is 0.854. The largest absolute Gasteiger partial charge is 2.00 e. The predicted octanol–water partition coefficient (Wildman–Crippen LogP) is -1.20. The van der Waals surface area contributed by atoms with Crippen LogP contribution in [-0.2, 0) is 0 Å². The second-order valence-corrected chi connectivity index (χ2v) is 1.35. The molecule has 0 aromatic rings. The average molecular weight is 143 g/mol. The summed E-state index contributed by atoms with van der Waals surface area (Å²) in [5, 5.41) is 0. The summed E-state index contributed by atoms with van der Waals surface area (Å²) in [5.41, 5.74) is 1.23. The van der Waals surface area contributed by atoms with Gasteiger partial charge in [-0.2, -0.15) is 6.42 Å². The van der Waals surface area contributed by atoms with Gasteiger partial charge in [-0.05, 0) is 6.42 Å². The SMILES string of the molecule is C=C(C[CH2-])CC.[Cl-].[Mg+2]. The Bertz CT molecular complexity index is 46.5. The topological polar surface area (TPSA) is 0 Å². The molecule has 2 heteroatoms. The molecule has 8 heavy (non-hydrogen) atoms. The average Bonchev–Trinajstić information content (AvgIpc) is 1.65. The van der Waals surface area contributed by atoms with Crippen LogP contribution in [0.15, 0.2) is 12.2 Å². The van der Waals surface area contributed by atoms with Crippen LogP contribution in [0.4, 0.5) is 0 Å². The van der Waals surface area contributed by atoms with Gasteiger partial charge in [-0.25, -0.2) is 0 Å². The minimum absolute atomic E-state index is 0. The van der Waals surface area contributed by atoms with Crippen LogP contribution in [0.25, 0.3) is 0 Å². The third-order valence-corrected chi connectivity index (χ3v) is 0.854. The Hall–Kier alpha value is 0.796. The summed E-state index contributed by atoms with van der Waals surface area (Å²) in [6.45, 7) is 9.48. The fourth-order valence-corrected chi connectivity index (χ4v) is 0.177. The molecule has 0 aliphatic rings. The molecule has 0 aromatic heterocycles. The molecule has 0 heterocycles. The molecule has 0 radical (unpaired) electrons. The van der Waals surface area contributed by atoms with Gasteiger partial charge in [-0.1, -0.05) is 6.92 Å². The van der Waals surface area contributed by atoms with Gasteiger partial charge in [0.1, 0.15) is 0 Å². The molecule has 0 bridgehead atoms. The molecule has 0 saturated carbocycles. The molecule has 0 spiro atoms. The van der Waals surface area contributed by atoms with Crippen LogP contribution in [0, 0.1) is 6.92 Å². The van der Waals surface area contributed by atoms with Crippen LogP contribution in [0.2, 0.25) is 0 Å². The zero-order chi connectivity index (χ0) is 4.99. The summed E-state index contributed by atoms with van der Waals surface area (Å²) in [6.07, 6.45) is 1.96. The summed E-state index contributed by atoms with van der Waals surface area (Å²) in [6, 6.07) is 0. The van der Waals surface area contributed by atoms with Crippen LogP contribution in [-0.4, -0.2) is 23.1 Å². The van der Waals surface area contributed by atoms with Crippen molar-refractivity contribution in [2.45, 2.75) is 19.8 Å². The summed E-state index contributed by atoms with van der Waals surface area (Å²) >= 11 is 0. The van der Waals surface area contributed by atoms with E-state index in [0.717, 1.165) is 12.8 Å². The quantitative estimate of drug-likeness (QED) is 0.258. The second-order valence-electron chi connectivity index (χ2n) is 1.35. The first-order valence-corrected chi connectivity index (χ1v) is 2.27. The van der Waals surface area contributed by atoms with Crippen molar-refractivity contribution >= 4 is 23.1 Å². The Morgan fingerprint density at radius 2 is 2.00 bits per heavy atom. The van der Waals surface area contributed by atoms with E-state index in [0.29, 0.717) is 0 Å².